The number of ketones is 1. The molecule has 2 bridgehead atoms. The lowest BCUT2D eigenvalue weighted by Gasteiger charge is -2.28. The number of carbonyl (C=O) groups excluding carboxylic acids is 4. The third kappa shape index (κ3) is 4.71. The monoisotopic (exact) mass is 734 g/mol. The summed E-state index contributed by atoms with van der Waals surface area (Å²) in [6.07, 6.45) is -0.152. The zero-order valence-electron chi connectivity index (χ0n) is 23.3. The summed E-state index contributed by atoms with van der Waals surface area (Å²) < 4.78 is 5.63. The molecule has 0 N–H and O–H groups in total. The summed E-state index contributed by atoms with van der Waals surface area (Å²) in [6, 6.07) is 22.3. The molecule has 3 aromatic carbocycles. The van der Waals surface area contributed by atoms with Crippen LogP contribution in [0.2, 0.25) is 5.02 Å². The summed E-state index contributed by atoms with van der Waals surface area (Å²) in [7, 11) is 0. The van der Waals surface area contributed by atoms with Gasteiger partial charge < -0.3 is 4.74 Å². The molecule has 7 atom stereocenters. The maximum Gasteiger partial charge on any atom is 0.339 e. The Bertz CT molecular complexity index is 1820. The summed E-state index contributed by atoms with van der Waals surface area (Å²) in [5, 5.41) is 1.09. The van der Waals surface area contributed by atoms with Gasteiger partial charge in [0.2, 0.25) is 17.6 Å². The molecule has 2 aliphatic carbocycles. The van der Waals surface area contributed by atoms with Crippen molar-refractivity contribution < 1.29 is 23.9 Å². The number of esters is 1. The standard InChI is InChI=1S/C34H25Br2ClN2O5/c1-16(31(40)18-6-10-19(37)11-7-18)44-34(43)22-15-26(38-25-5-3-2-4-21(22)25)17-8-12-20(13-9-17)39-32(41)27-23-14-24(28(27)33(39)42)30(36)29(23)35/h2-13,15-16,23-24,27-30H,14H2,1H3. The summed E-state index contributed by atoms with van der Waals surface area (Å²) >= 11 is 13.4. The van der Waals surface area contributed by atoms with Gasteiger partial charge in [0.1, 0.15) is 0 Å². The van der Waals surface area contributed by atoms with Gasteiger partial charge in [-0.05, 0) is 73.7 Å². The van der Waals surface area contributed by atoms with Crippen LogP contribution in [-0.2, 0) is 14.3 Å². The molecular formula is C34H25Br2ClN2O5. The van der Waals surface area contributed by atoms with Crippen molar-refractivity contribution in [3.63, 3.8) is 0 Å². The second-order valence-corrected chi connectivity index (χ2v) is 14.1. The fourth-order valence-corrected chi connectivity index (χ4v) is 9.00. The van der Waals surface area contributed by atoms with E-state index in [2.05, 4.69) is 31.9 Å². The number of fused-ring (bicyclic) bond motifs is 6. The van der Waals surface area contributed by atoms with Crippen LogP contribution in [0.15, 0.2) is 78.9 Å². The van der Waals surface area contributed by atoms with Crippen LogP contribution in [0.4, 0.5) is 5.69 Å². The van der Waals surface area contributed by atoms with E-state index in [0.717, 1.165) is 6.42 Å². The normalized spacial score (nSPS) is 26.2. The second kappa shape index (κ2) is 11.2. The number of amides is 2. The van der Waals surface area contributed by atoms with Crippen molar-refractivity contribution in [2.24, 2.45) is 23.7 Å². The lowest BCUT2D eigenvalue weighted by molar-refractivity contribution is -0.123. The topological polar surface area (TPSA) is 93.6 Å². The first-order chi connectivity index (χ1) is 21.1. The number of anilines is 1. The van der Waals surface area contributed by atoms with Gasteiger partial charge in [-0.3, -0.25) is 19.3 Å². The SMILES string of the molecule is CC(OC(=O)c1cc(-c2ccc(N3C(=O)C4C5CC(C(Br)C5Br)C4C3=O)cc2)nc2ccccc12)C(=O)c1ccc(Cl)cc1. The highest BCUT2D eigenvalue weighted by Gasteiger charge is 2.66. The molecule has 2 amide bonds. The Balaban J connectivity index is 1.16. The van der Waals surface area contributed by atoms with E-state index in [0.29, 0.717) is 38.4 Å². The number of hydrogen-bond donors (Lipinski definition) is 0. The number of alkyl halides is 2. The minimum atomic E-state index is -1.02. The summed E-state index contributed by atoms with van der Waals surface area (Å²) in [4.78, 5) is 59.7. The van der Waals surface area contributed by atoms with Crippen LogP contribution in [0.25, 0.3) is 22.2 Å². The smallest absolute Gasteiger partial charge is 0.339 e. The molecule has 0 radical (unpaired) electrons. The van der Waals surface area contributed by atoms with Crippen molar-refractivity contribution in [2.45, 2.75) is 29.1 Å². The van der Waals surface area contributed by atoms with E-state index in [4.69, 9.17) is 21.3 Å². The quantitative estimate of drug-likeness (QED) is 0.0896. The van der Waals surface area contributed by atoms with E-state index >= 15 is 0 Å². The van der Waals surface area contributed by atoms with Crippen LogP contribution in [-0.4, -0.2) is 44.3 Å². The van der Waals surface area contributed by atoms with Gasteiger partial charge >= 0.3 is 5.97 Å². The summed E-state index contributed by atoms with van der Waals surface area (Å²) in [6.45, 7) is 1.54. The van der Waals surface area contributed by atoms with Crippen molar-refractivity contribution in [1.29, 1.82) is 0 Å². The van der Waals surface area contributed by atoms with Crippen LogP contribution in [0, 0.1) is 23.7 Å². The van der Waals surface area contributed by atoms with Crippen molar-refractivity contribution in [3.05, 3.63) is 95.0 Å². The predicted molar refractivity (Wildman–Crippen MR) is 174 cm³/mol. The fourth-order valence-electron chi connectivity index (χ4n) is 7.00. The second-order valence-electron chi connectivity index (χ2n) is 11.6. The van der Waals surface area contributed by atoms with E-state index < -0.39 is 12.1 Å². The molecule has 7 nitrogen and oxygen atoms in total. The Morgan fingerprint density at radius 2 is 1.52 bits per heavy atom. The summed E-state index contributed by atoms with van der Waals surface area (Å²) in [5.74, 6) is -1.59. The van der Waals surface area contributed by atoms with Gasteiger partial charge in [0.15, 0.2) is 6.10 Å². The number of benzene rings is 3. The van der Waals surface area contributed by atoms with E-state index in [1.165, 1.54) is 11.8 Å². The first-order valence-electron chi connectivity index (χ1n) is 14.3. The van der Waals surface area contributed by atoms with Crippen LogP contribution in [0.5, 0.6) is 0 Å². The van der Waals surface area contributed by atoms with Gasteiger partial charge in [-0.1, -0.05) is 73.8 Å². The highest BCUT2D eigenvalue weighted by Crippen LogP contribution is 2.60. The van der Waals surface area contributed by atoms with E-state index in [1.54, 1.807) is 72.8 Å². The Morgan fingerprint density at radius 1 is 0.909 bits per heavy atom. The Morgan fingerprint density at radius 3 is 2.16 bits per heavy atom. The van der Waals surface area contributed by atoms with Crippen molar-refractivity contribution in [3.8, 4) is 11.3 Å². The van der Waals surface area contributed by atoms with Crippen LogP contribution >= 0.6 is 43.5 Å². The van der Waals surface area contributed by atoms with Gasteiger partial charge in [0, 0.05) is 31.2 Å². The molecule has 10 heteroatoms. The number of carbonyl (C=O) groups is 4. The number of Topliss-reactive ketones (excluding diaryl/α,β-unsaturated/α-hetero) is 1. The Labute approximate surface area is 275 Å². The minimum Gasteiger partial charge on any atom is -0.451 e. The average molecular weight is 737 g/mol. The third-order valence-electron chi connectivity index (χ3n) is 9.13. The van der Waals surface area contributed by atoms with Gasteiger partial charge in [-0.15, -0.1) is 0 Å². The number of para-hydroxylation sites is 1. The molecule has 1 aromatic heterocycles. The Hall–Kier alpha value is -3.40. The molecule has 3 aliphatic rings. The molecule has 3 fully saturated rings. The number of pyridine rings is 1. The van der Waals surface area contributed by atoms with Gasteiger partial charge in [0.05, 0.1) is 34.3 Å². The number of halogens is 3. The first kappa shape index (κ1) is 29.3. The van der Waals surface area contributed by atoms with E-state index in [1.807, 2.05) is 6.07 Å². The molecule has 0 spiro atoms. The highest BCUT2D eigenvalue weighted by molar-refractivity contribution is 9.12. The molecular weight excluding hydrogens is 712 g/mol. The number of aromatic nitrogens is 1. The van der Waals surface area contributed by atoms with Crippen molar-refractivity contribution >= 4 is 83.6 Å². The van der Waals surface area contributed by atoms with Crippen molar-refractivity contribution in [1.82, 2.24) is 4.98 Å². The number of nitrogens with zero attached hydrogens (tertiary/aromatic N) is 2. The van der Waals surface area contributed by atoms with E-state index in [-0.39, 0.29) is 56.5 Å². The maximum atomic E-state index is 13.5. The van der Waals surface area contributed by atoms with Crippen LogP contribution in [0.1, 0.15) is 34.1 Å². The number of ether oxygens (including phenoxy) is 1. The third-order valence-corrected chi connectivity index (χ3v) is 12.6. The fraction of sp³-hybridized carbons (Fsp3) is 0.265. The van der Waals surface area contributed by atoms with Gasteiger partial charge in [-0.25, -0.2) is 9.78 Å². The maximum absolute atomic E-state index is 13.5. The molecule has 1 saturated heterocycles. The number of imide groups is 1. The molecule has 7 rings (SSSR count). The molecule has 1 aliphatic heterocycles. The molecule has 7 unspecified atom stereocenters. The minimum absolute atomic E-state index is 0.138. The number of rotatable bonds is 6. The zero-order chi connectivity index (χ0) is 30.9. The first-order valence-corrected chi connectivity index (χ1v) is 16.5. The molecule has 2 saturated carbocycles. The summed E-state index contributed by atoms with van der Waals surface area (Å²) in [5.41, 5.74) is 2.97. The van der Waals surface area contributed by atoms with Crippen LogP contribution < -0.4 is 4.90 Å². The lowest BCUT2D eigenvalue weighted by atomic mass is 9.81. The lowest BCUT2D eigenvalue weighted by Crippen LogP contribution is -2.37. The largest absolute Gasteiger partial charge is 0.451 e. The molecule has 4 aromatic rings. The molecule has 222 valence electrons. The van der Waals surface area contributed by atoms with Crippen LogP contribution in [0.3, 0.4) is 0 Å². The number of hydrogen-bond acceptors (Lipinski definition) is 6. The Kier molecular flexibility index (Phi) is 7.46. The molecule has 2 heterocycles. The zero-order valence-corrected chi connectivity index (χ0v) is 27.3. The predicted octanol–water partition coefficient (Wildman–Crippen LogP) is 7.27. The average Bonchev–Trinajstić information content (AvgIpc) is 3.65. The highest BCUT2D eigenvalue weighted by atomic mass is 79.9. The van der Waals surface area contributed by atoms with Gasteiger partial charge in [-0.2, -0.15) is 0 Å². The van der Waals surface area contributed by atoms with E-state index in [9.17, 15) is 19.2 Å². The molecule has 44 heavy (non-hydrogen) atoms. The van der Waals surface area contributed by atoms with Gasteiger partial charge in [0.25, 0.3) is 0 Å². The van der Waals surface area contributed by atoms with Crippen molar-refractivity contribution in [2.75, 3.05) is 4.90 Å².